The van der Waals surface area contributed by atoms with Gasteiger partial charge in [0, 0.05) is 11.1 Å². The standard InChI is InChI=1S/C14H11NO2/c15-13-9-3-1-2-4-10(9)14(17)11-6-5-8(16)7-12(11)13/h1-7,13,16H,15H2. The minimum absolute atomic E-state index is 0.0303. The second-order valence-corrected chi connectivity index (χ2v) is 4.17. The molecule has 0 aliphatic heterocycles. The predicted molar refractivity (Wildman–Crippen MR) is 64.0 cm³/mol. The van der Waals surface area contributed by atoms with Gasteiger partial charge in [-0.2, -0.15) is 0 Å². The summed E-state index contributed by atoms with van der Waals surface area (Å²) in [5.74, 6) is 0.101. The highest BCUT2D eigenvalue weighted by atomic mass is 16.3. The molecule has 2 aromatic rings. The molecule has 3 rings (SSSR count). The molecule has 3 N–H and O–H groups in total. The van der Waals surface area contributed by atoms with Crippen LogP contribution in [0.4, 0.5) is 0 Å². The number of ketones is 1. The molecule has 0 saturated heterocycles. The van der Waals surface area contributed by atoms with Crippen LogP contribution in [0.3, 0.4) is 0 Å². The van der Waals surface area contributed by atoms with Crippen molar-refractivity contribution in [1.82, 2.24) is 0 Å². The van der Waals surface area contributed by atoms with E-state index in [0.717, 1.165) is 5.56 Å². The Kier molecular flexibility index (Phi) is 2.03. The van der Waals surface area contributed by atoms with Gasteiger partial charge in [0.25, 0.3) is 0 Å². The number of phenolic OH excluding ortho intramolecular Hbond substituents is 1. The first-order valence-corrected chi connectivity index (χ1v) is 5.40. The van der Waals surface area contributed by atoms with Crippen LogP contribution in [-0.2, 0) is 0 Å². The fraction of sp³-hybridized carbons (Fsp3) is 0.0714. The van der Waals surface area contributed by atoms with E-state index in [4.69, 9.17) is 5.73 Å². The Bertz CT molecular complexity index is 619. The fourth-order valence-electron chi connectivity index (χ4n) is 2.30. The van der Waals surface area contributed by atoms with Crippen molar-refractivity contribution in [2.24, 2.45) is 5.73 Å². The molecule has 0 saturated carbocycles. The van der Waals surface area contributed by atoms with Gasteiger partial charge in [-0.3, -0.25) is 4.79 Å². The minimum Gasteiger partial charge on any atom is -0.508 e. The van der Waals surface area contributed by atoms with E-state index < -0.39 is 0 Å². The fourth-order valence-corrected chi connectivity index (χ4v) is 2.30. The Labute approximate surface area is 98.5 Å². The van der Waals surface area contributed by atoms with Crippen LogP contribution < -0.4 is 5.73 Å². The average molecular weight is 225 g/mol. The number of benzene rings is 2. The summed E-state index contributed by atoms with van der Waals surface area (Å²) in [6.07, 6.45) is 0. The molecule has 0 fully saturated rings. The van der Waals surface area contributed by atoms with Crippen LogP contribution in [-0.4, -0.2) is 10.9 Å². The van der Waals surface area contributed by atoms with Crippen molar-refractivity contribution < 1.29 is 9.90 Å². The van der Waals surface area contributed by atoms with E-state index in [9.17, 15) is 9.90 Å². The molecule has 0 heterocycles. The summed E-state index contributed by atoms with van der Waals surface area (Å²) in [6, 6.07) is 11.7. The van der Waals surface area contributed by atoms with E-state index in [1.165, 1.54) is 6.07 Å². The number of aromatic hydroxyl groups is 1. The summed E-state index contributed by atoms with van der Waals surface area (Å²) < 4.78 is 0. The Morgan fingerprint density at radius 2 is 1.71 bits per heavy atom. The monoisotopic (exact) mass is 225 g/mol. The van der Waals surface area contributed by atoms with Gasteiger partial charge < -0.3 is 10.8 Å². The van der Waals surface area contributed by atoms with Crippen LogP contribution in [0, 0.1) is 0 Å². The lowest BCUT2D eigenvalue weighted by atomic mass is 9.82. The Morgan fingerprint density at radius 1 is 1.00 bits per heavy atom. The molecule has 2 aromatic carbocycles. The SMILES string of the molecule is NC1c2ccccc2C(=O)c2ccc(O)cc21. The largest absolute Gasteiger partial charge is 0.508 e. The van der Waals surface area contributed by atoms with E-state index in [1.807, 2.05) is 18.2 Å². The zero-order valence-corrected chi connectivity index (χ0v) is 9.05. The smallest absolute Gasteiger partial charge is 0.193 e. The topological polar surface area (TPSA) is 63.3 Å². The second kappa shape index (κ2) is 3.43. The lowest BCUT2D eigenvalue weighted by molar-refractivity contribution is 0.103. The number of hydrogen-bond acceptors (Lipinski definition) is 3. The zero-order chi connectivity index (χ0) is 12.0. The molecular weight excluding hydrogens is 214 g/mol. The van der Waals surface area contributed by atoms with E-state index in [1.54, 1.807) is 18.2 Å². The first-order valence-electron chi connectivity index (χ1n) is 5.40. The molecule has 0 bridgehead atoms. The van der Waals surface area contributed by atoms with Gasteiger partial charge in [0.1, 0.15) is 5.75 Å². The maximum absolute atomic E-state index is 12.2. The summed E-state index contributed by atoms with van der Waals surface area (Å²) in [4.78, 5) is 12.2. The van der Waals surface area contributed by atoms with Gasteiger partial charge in [0.15, 0.2) is 5.78 Å². The molecule has 1 aliphatic carbocycles. The second-order valence-electron chi connectivity index (χ2n) is 4.17. The van der Waals surface area contributed by atoms with Crippen molar-refractivity contribution in [3.8, 4) is 5.75 Å². The van der Waals surface area contributed by atoms with Gasteiger partial charge >= 0.3 is 0 Å². The van der Waals surface area contributed by atoms with Crippen molar-refractivity contribution in [3.63, 3.8) is 0 Å². The third-order valence-electron chi connectivity index (χ3n) is 3.16. The molecular formula is C14H11NO2. The summed E-state index contributed by atoms with van der Waals surface area (Å²) in [5, 5.41) is 9.47. The molecule has 0 radical (unpaired) electrons. The number of hydrogen-bond donors (Lipinski definition) is 2. The highest BCUT2D eigenvalue weighted by Gasteiger charge is 2.28. The van der Waals surface area contributed by atoms with Crippen LogP contribution >= 0.6 is 0 Å². The van der Waals surface area contributed by atoms with E-state index in [2.05, 4.69) is 0 Å². The van der Waals surface area contributed by atoms with Crippen LogP contribution in [0.1, 0.15) is 33.1 Å². The lowest BCUT2D eigenvalue weighted by Crippen LogP contribution is -2.24. The molecule has 84 valence electrons. The summed E-state index contributed by atoms with van der Waals surface area (Å²) >= 11 is 0. The third kappa shape index (κ3) is 1.36. The van der Waals surface area contributed by atoms with Crippen LogP contribution in [0.25, 0.3) is 0 Å². The summed E-state index contributed by atoms with van der Waals surface area (Å²) in [7, 11) is 0. The predicted octanol–water partition coefficient (Wildman–Crippen LogP) is 1.98. The third-order valence-corrected chi connectivity index (χ3v) is 3.16. The van der Waals surface area contributed by atoms with Gasteiger partial charge in [-0.05, 0) is 29.3 Å². The molecule has 0 spiro atoms. The number of nitrogens with two attached hydrogens (primary N) is 1. The number of rotatable bonds is 0. The molecule has 0 amide bonds. The van der Waals surface area contributed by atoms with Crippen molar-refractivity contribution in [2.75, 3.05) is 0 Å². The zero-order valence-electron chi connectivity index (χ0n) is 9.05. The van der Waals surface area contributed by atoms with Gasteiger partial charge in [-0.15, -0.1) is 0 Å². The number of phenols is 1. The normalized spacial score (nSPS) is 17.5. The van der Waals surface area contributed by atoms with Gasteiger partial charge in [-0.1, -0.05) is 24.3 Å². The molecule has 1 atom stereocenters. The Morgan fingerprint density at radius 3 is 2.53 bits per heavy atom. The van der Waals surface area contributed by atoms with Crippen molar-refractivity contribution in [3.05, 3.63) is 64.7 Å². The Balaban J connectivity index is 2.29. The molecule has 3 nitrogen and oxygen atoms in total. The molecule has 3 heteroatoms. The van der Waals surface area contributed by atoms with E-state index in [0.29, 0.717) is 16.7 Å². The van der Waals surface area contributed by atoms with Gasteiger partial charge in [-0.25, -0.2) is 0 Å². The van der Waals surface area contributed by atoms with Gasteiger partial charge in [0.2, 0.25) is 0 Å². The van der Waals surface area contributed by atoms with Crippen LogP contribution in [0.15, 0.2) is 42.5 Å². The number of carbonyl (C=O) groups is 1. The summed E-state index contributed by atoms with van der Waals surface area (Å²) in [5.41, 5.74) is 8.86. The number of carbonyl (C=O) groups excluding carboxylic acids is 1. The van der Waals surface area contributed by atoms with E-state index in [-0.39, 0.29) is 17.6 Å². The quantitative estimate of drug-likeness (QED) is 0.720. The maximum Gasteiger partial charge on any atom is 0.193 e. The molecule has 1 unspecified atom stereocenters. The number of fused-ring (bicyclic) bond motifs is 2. The summed E-state index contributed by atoms with van der Waals surface area (Å²) in [6.45, 7) is 0. The Hall–Kier alpha value is -2.13. The van der Waals surface area contributed by atoms with Gasteiger partial charge in [0.05, 0.1) is 6.04 Å². The van der Waals surface area contributed by atoms with E-state index >= 15 is 0 Å². The molecule has 1 aliphatic rings. The maximum atomic E-state index is 12.2. The average Bonchev–Trinajstić information content (AvgIpc) is 2.36. The van der Waals surface area contributed by atoms with Crippen molar-refractivity contribution in [2.45, 2.75) is 6.04 Å². The van der Waals surface area contributed by atoms with Crippen LogP contribution in [0.2, 0.25) is 0 Å². The molecule has 0 aromatic heterocycles. The van der Waals surface area contributed by atoms with Crippen molar-refractivity contribution in [1.29, 1.82) is 0 Å². The highest BCUT2D eigenvalue weighted by molar-refractivity contribution is 6.12. The molecule has 17 heavy (non-hydrogen) atoms. The first-order chi connectivity index (χ1) is 8.18. The van der Waals surface area contributed by atoms with Crippen molar-refractivity contribution >= 4 is 5.78 Å². The minimum atomic E-state index is -0.356. The highest BCUT2D eigenvalue weighted by Crippen LogP contribution is 2.34. The van der Waals surface area contributed by atoms with Crippen LogP contribution in [0.5, 0.6) is 5.75 Å². The first kappa shape index (κ1) is 10.1. The lowest BCUT2D eigenvalue weighted by Gasteiger charge is -2.24.